The Bertz CT molecular complexity index is 582. The minimum absolute atomic E-state index is 0.00144. The number of rotatable bonds is 4. The Hall–Kier alpha value is -1.88. The number of nitrogens with zero attached hydrogens (tertiary/aromatic N) is 2. The number of aliphatic hydroxyl groups is 1. The largest absolute Gasteiger partial charge is 0.497 e. The first-order valence-corrected chi connectivity index (χ1v) is 6.90. The summed E-state index contributed by atoms with van der Waals surface area (Å²) in [5.74, 6) is 2.03. The van der Waals surface area contributed by atoms with Gasteiger partial charge in [-0.3, -0.25) is 0 Å². The fraction of sp³-hybridized carbons (Fsp3) is 0.467. The lowest BCUT2D eigenvalue weighted by molar-refractivity contribution is 0.148. The summed E-state index contributed by atoms with van der Waals surface area (Å²) in [6, 6.07) is 7.80. The second-order valence-corrected chi connectivity index (χ2v) is 5.18. The molecule has 5 nitrogen and oxygen atoms in total. The molecule has 3 rings (SSSR count). The lowest BCUT2D eigenvalue weighted by atomic mass is 10.1. The predicted octanol–water partition coefficient (Wildman–Crippen LogP) is 2.30. The molecule has 1 saturated carbocycles. The van der Waals surface area contributed by atoms with Crippen LogP contribution in [0.5, 0.6) is 5.75 Å². The van der Waals surface area contributed by atoms with Gasteiger partial charge >= 0.3 is 0 Å². The molecule has 0 amide bonds. The minimum atomic E-state index is -0.347. The fourth-order valence-electron chi connectivity index (χ4n) is 2.68. The Morgan fingerprint density at radius 1 is 1.40 bits per heavy atom. The molecular formula is C15H18N2O3. The molecule has 1 aromatic carbocycles. The van der Waals surface area contributed by atoms with Gasteiger partial charge in [0.1, 0.15) is 5.75 Å². The van der Waals surface area contributed by atoms with Crippen molar-refractivity contribution >= 4 is 0 Å². The molecule has 1 aliphatic carbocycles. The third-order valence-electron chi connectivity index (χ3n) is 3.78. The van der Waals surface area contributed by atoms with Crippen LogP contribution in [0.25, 0.3) is 0 Å². The predicted molar refractivity (Wildman–Crippen MR) is 72.7 cm³/mol. The van der Waals surface area contributed by atoms with Crippen molar-refractivity contribution in [3.8, 4) is 5.75 Å². The third-order valence-corrected chi connectivity index (χ3v) is 3.78. The van der Waals surface area contributed by atoms with Crippen molar-refractivity contribution in [1.29, 1.82) is 0 Å². The third kappa shape index (κ3) is 2.67. The molecule has 0 saturated heterocycles. The van der Waals surface area contributed by atoms with Crippen LogP contribution in [-0.2, 0) is 6.42 Å². The molecular weight excluding hydrogens is 256 g/mol. The number of hydrogen-bond acceptors (Lipinski definition) is 5. The standard InChI is InChI=1S/C15H18N2O3/c1-19-11-5-2-4-10(8-11)9-14-16-15(20-17-14)12-6-3-7-13(12)18/h2,4-5,8,12-13,18H,3,6-7,9H2,1H3. The monoisotopic (exact) mass is 274 g/mol. The number of hydrogen-bond donors (Lipinski definition) is 1. The van der Waals surface area contributed by atoms with Crippen LogP contribution >= 0.6 is 0 Å². The van der Waals surface area contributed by atoms with Gasteiger partial charge in [0.05, 0.1) is 19.1 Å². The van der Waals surface area contributed by atoms with Gasteiger partial charge in [-0.05, 0) is 37.0 Å². The zero-order valence-electron chi connectivity index (χ0n) is 11.5. The summed E-state index contributed by atoms with van der Waals surface area (Å²) < 4.78 is 10.5. The maximum atomic E-state index is 9.87. The van der Waals surface area contributed by atoms with Gasteiger partial charge in [-0.25, -0.2) is 0 Å². The van der Waals surface area contributed by atoms with Crippen molar-refractivity contribution in [3.63, 3.8) is 0 Å². The van der Waals surface area contributed by atoms with E-state index < -0.39 is 0 Å². The van der Waals surface area contributed by atoms with E-state index >= 15 is 0 Å². The van der Waals surface area contributed by atoms with Gasteiger partial charge in [-0.15, -0.1) is 0 Å². The van der Waals surface area contributed by atoms with E-state index in [0.717, 1.165) is 30.6 Å². The number of methoxy groups -OCH3 is 1. The Morgan fingerprint density at radius 2 is 2.30 bits per heavy atom. The number of ether oxygens (including phenoxy) is 1. The zero-order chi connectivity index (χ0) is 13.9. The molecule has 106 valence electrons. The summed E-state index contributed by atoms with van der Waals surface area (Å²) in [7, 11) is 1.65. The first-order chi connectivity index (χ1) is 9.76. The Labute approximate surface area is 117 Å². The number of benzene rings is 1. The Kier molecular flexibility index (Phi) is 3.69. The summed E-state index contributed by atoms with van der Waals surface area (Å²) in [6.45, 7) is 0. The lowest BCUT2D eigenvalue weighted by Gasteiger charge is -2.07. The van der Waals surface area contributed by atoms with Crippen LogP contribution in [0.4, 0.5) is 0 Å². The molecule has 1 aromatic heterocycles. The summed E-state index contributed by atoms with van der Waals surface area (Å²) in [5.41, 5.74) is 1.07. The average molecular weight is 274 g/mol. The van der Waals surface area contributed by atoms with Crippen LogP contribution < -0.4 is 4.74 Å². The highest BCUT2D eigenvalue weighted by molar-refractivity contribution is 5.30. The van der Waals surface area contributed by atoms with Crippen LogP contribution in [-0.4, -0.2) is 28.5 Å². The van der Waals surface area contributed by atoms with Gasteiger partial charge in [0.15, 0.2) is 5.82 Å². The van der Waals surface area contributed by atoms with Crippen molar-refractivity contribution in [2.75, 3.05) is 7.11 Å². The quantitative estimate of drug-likeness (QED) is 0.926. The van der Waals surface area contributed by atoms with Gasteiger partial charge < -0.3 is 14.4 Å². The van der Waals surface area contributed by atoms with Crippen molar-refractivity contribution in [2.45, 2.75) is 37.7 Å². The van der Waals surface area contributed by atoms with Crippen molar-refractivity contribution < 1.29 is 14.4 Å². The molecule has 2 aromatic rings. The topological polar surface area (TPSA) is 68.4 Å². The van der Waals surface area contributed by atoms with Gasteiger partial charge in [0.2, 0.25) is 5.89 Å². The Balaban J connectivity index is 1.73. The second kappa shape index (κ2) is 5.63. The number of aliphatic hydroxyl groups excluding tert-OH is 1. The SMILES string of the molecule is COc1cccc(Cc2noc(C3CCCC3O)n2)c1. The van der Waals surface area contributed by atoms with E-state index in [2.05, 4.69) is 10.1 Å². The van der Waals surface area contributed by atoms with E-state index in [1.807, 2.05) is 24.3 Å². The molecule has 2 unspecified atom stereocenters. The molecule has 0 bridgehead atoms. The second-order valence-electron chi connectivity index (χ2n) is 5.18. The van der Waals surface area contributed by atoms with E-state index in [0.29, 0.717) is 18.1 Å². The molecule has 1 aliphatic rings. The minimum Gasteiger partial charge on any atom is -0.497 e. The van der Waals surface area contributed by atoms with E-state index in [-0.39, 0.29) is 12.0 Å². The molecule has 5 heteroatoms. The van der Waals surface area contributed by atoms with Crippen LogP contribution in [0.1, 0.15) is 42.5 Å². The normalized spacial score (nSPS) is 22.1. The summed E-state index contributed by atoms with van der Waals surface area (Å²) in [6.07, 6.45) is 3.00. The van der Waals surface area contributed by atoms with Crippen LogP contribution in [0.3, 0.4) is 0 Å². The highest BCUT2D eigenvalue weighted by Crippen LogP contribution is 2.33. The highest BCUT2D eigenvalue weighted by Gasteiger charge is 2.31. The maximum Gasteiger partial charge on any atom is 0.232 e. The van der Waals surface area contributed by atoms with Gasteiger partial charge in [0, 0.05) is 6.42 Å². The summed E-state index contributed by atoms with van der Waals surface area (Å²) in [5, 5.41) is 13.9. The Morgan fingerprint density at radius 3 is 3.05 bits per heavy atom. The van der Waals surface area contributed by atoms with Crippen molar-refractivity contribution in [3.05, 3.63) is 41.5 Å². The molecule has 1 N–H and O–H groups in total. The van der Waals surface area contributed by atoms with Gasteiger partial charge in [0.25, 0.3) is 0 Å². The van der Waals surface area contributed by atoms with Crippen molar-refractivity contribution in [2.24, 2.45) is 0 Å². The van der Waals surface area contributed by atoms with Gasteiger partial charge in [-0.2, -0.15) is 4.98 Å². The highest BCUT2D eigenvalue weighted by atomic mass is 16.5. The molecule has 1 fully saturated rings. The van der Waals surface area contributed by atoms with Crippen LogP contribution in [0.15, 0.2) is 28.8 Å². The van der Waals surface area contributed by atoms with E-state index in [1.54, 1.807) is 7.11 Å². The first kappa shape index (κ1) is 13.1. The van der Waals surface area contributed by atoms with Crippen molar-refractivity contribution in [1.82, 2.24) is 10.1 Å². The van der Waals surface area contributed by atoms with E-state index in [1.165, 1.54) is 0 Å². The molecule has 20 heavy (non-hydrogen) atoms. The fourth-order valence-corrected chi connectivity index (χ4v) is 2.68. The zero-order valence-corrected chi connectivity index (χ0v) is 11.5. The molecule has 1 heterocycles. The smallest absolute Gasteiger partial charge is 0.232 e. The lowest BCUT2D eigenvalue weighted by Crippen LogP contribution is -2.11. The number of aromatic nitrogens is 2. The summed E-state index contributed by atoms with van der Waals surface area (Å²) >= 11 is 0. The maximum absolute atomic E-state index is 9.87. The molecule has 2 atom stereocenters. The van der Waals surface area contributed by atoms with E-state index in [4.69, 9.17) is 9.26 Å². The first-order valence-electron chi connectivity index (χ1n) is 6.90. The van der Waals surface area contributed by atoms with Crippen LogP contribution in [0, 0.1) is 0 Å². The molecule has 0 aliphatic heterocycles. The average Bonchev–Trinajstić information content (AvgIpc) is 3.08. The van der Waals surface area contributed by atoms with E-state index in [9.17, 15) is 5.11 Å². The molecule has 0 radical (unpaired) electrons. The summed E-state index contributed by atoms with van der Waals surface area (Å²) in [4.78, 5) is 4.41. The van der Waals surface area contributed by atoms with Crippen LogP contribution in [0.2, 0.25) is 0 Å². The van der Waals surface area contributed by atoms with Gasteiger partial charge in [-0.1, -0.05) is 17.3 Å². The molecule has 0 spiro atoms.